The molecule has 0 aliphatic heterocycles. The van der Waals surface area contributed by atoms with Crippen LogP contribution >= 0.6 is 15.9 Å². The zero-order valence-electron chi connectivity index (χ0n) is 12.2. The lowest BCUT2D eigenvalue weighted by molar-refractivity contribution is 0.0988. The highest BCUT2D eigenvalue weighted by Crippen LogP contribution is 2.28. The van der Waals surface area contributed by atoms with Crippen molar-refractivity contribution in [2.75, 3.05) is 11.9 Å². The van der Waals surface area contributed by atoms with Gasteiger partial charge in [-0.2, -0.15) is 0 Å². The fourth-order valence-electron chi connectivity index (χ4n) is 1.66. The fraction of sp³-hybridized carbons (Fsp3) is 0.562. The smallest absolute Gasteiger partial charge is 0.162 e. The third kappa shape index (κ3) is 4.98. The first-order chi connectivity index (χ1) is 8.88. The van der Waals surface area contributed by atoms with Gasteiger partial charge < -0.3 is 4.74 Å². The lowest BCUT2D eigenvalue weighted by Gasteiger charge is -2.28. The van der Waals surface area contributed by atoms with E-state index >= 15 is 0 Å². The van der Waals surface area contributed by atoms with Crippen LogP contribution in [-0.4, -0.2) is 17.7 Å². The summed E-state index contributed by atoms with van der Waals surface area (Å²) < 4.78 is 5.81. The molecule has 1 atom stereocenters. The average Bonchev–Trinajstić information content (AvgIpc) is 2.37. The van der Waals surface area contributed by atoms with Crippen molar-refractivity contribution in [3.8, 4) is 5.75 Å². The zero-order chi connectivity index (χ0) is 14.5. The van der Waals surface area contributed by atoms with E-state index in [9.17, 15) is 4.79 Å². The Kier molecular flexibility index (Phi) is 6.05. The molecule has 0 N–H and O–H groups in total. The summed E-state index contributed by atoms with van der Waals surface area (Å²) in [5.74, 6) is 1.44. The standard InChI is InChI=1S/C16H23BrO2/c1-5-15(18)12-6-8-14(9-7-12)19-11-13(10-17)16(2,3)4/h6-9,13H,5,10-11H2,1-4H3. The molecule has 2 nitrogen and oxygen atoms in total. The average molecular weight is 327 g/mol. The van der Waals surface area contributed by atoms with Crippen molar-refractivity contribution >= 4 is 21.7 Å². The monoisotopic (exact) mass is 326 g/mol. The maximum Gasteiger partial charge on any atom is 0.162 e. The lowest BCUT2D eigenvalue weighted by atomic mass is 9.83. The summed E-state index contributed by atoms with van der Waals surface area (Å²) in [6, 6.07) is 7.41. The molecule has 0 saturated heterocycles. The third-order valence-corrected chi connectivity index (χ3v) is 4.14. The van der Waals surface area contributed by atoms with E-state index in [0.717, 1.165) is 16.6 Å². The predicted molar refractivity (Wildman–Crippen MR) is 83.3 cm³/mol. The van der Waals surface area contributed by atoms with Crippen LogP contribution in [0.4, 0.5) is 0 Å². The van der Waals surface area contributed by atoms with Crippen LogP contribution in [0, 0.1) is 11.3 Å². The number of Topliss-reactive ketones (excluding diaryl/α,β-unsaturated/α-hetero) is 1. The number of alkyl halides is 1. The zero-order valence-corrected chi connectivity index (χ0v) is 13.8. The van der Waals surface area contributed by atoms with Crippen LogP contribution in [0.15, 0.2) is 24.3 Å². The molecule has 0 fully saturated rings. The van der Waals surface area contributed by atoms with Gasteiger partial charge in [0.25, 0.3) is 0 Å². The molecule has 0 aromatic heterocycles. The first kappa shape index (κ1) is 16.2. The van der Waals surface area contributed by atoms with Crippen LogP contribution in [0.2, 0.25) is 0 Å². The molecule has 0 aliphatic rings. The van der Waals surface area contributed by atoms with Gasteiger partial charge in [-0.25, -0.2) is 0 Å². The van der Waals surface area contributed by atoms with Crippen LogP contribution in [0.5, 0.6) is 5.75 Å². The molecule has 106 valence electrons. The first-order valence-electron chi connectivity index (χ1n) is 6.70. The highest BCUT2D eigenvalue weighted by molar-refractivity contribution is 9.09. The number of ketones is 1. The molecule has 3 heteroatoms. The van der Waals surface area contributed by atoms with E-state index in [-0.39, 0.29) is 11.2 Å². The van der Waals surface area contributed by atoms with Gasteiger partial charge in [0, 0.05) is 23.2 Å². The van der Waals surface area contributed by atoms with Gasteiger partial charge in [-0.15, -0.1) is 0 Å². The van der Waals surface area contributed by atoms with Crippen molar-refractivity contribution in [1.29, 1.82) is 0 Å². The molecular weight excluding hydrogens is 304 g/mol. The Morgan fingerprint density at radius 1 is 1.26 bits per heavy atom. The van der Waals surface area contributed by atoms with Gasteiger partial charge in [-0.1, -0.05) is 43.6 Å². The summed E-state index contributed by atoms with van der Waals surface area (Å²) in [6.45, 7) is 9.19. The highest BCUT2D eigenvalue weighted by Gasteiger charge is 2.24. The maximum absolute atomic E-state index is 11.5. The molecule has 1 aromatic carbocycles. The topological polar surface area (TPSA) is 26.3 Å². The lowest BCUT2D eigenvalue weighted by Crippen LogP contribution is -2.27. The summed E-state index contributed by atoms with van der Waals surface area (Å²) in [7, 11) is 0. The van der Waals surface area contributed by atoms with E-state index in [1.807, 2.05) is 31.2 Å². The van der Waals surface area contributed by atoms with Crippen molar-refractivity contribution in [2.24, 2.45) is 11.3 Å². The van der Waals surface area contributed by atoms with Crippen molar-refractivity contribution in [3.05, 3.63) is 29.8 Å². The van der Waals surface area contributed by atoms with Crippen molar-refractivity contribution in [2.45, 2.75) is 34.1 Å². The number of ether oxygens (including phenoxy) is 1. The number of rotatable bonds is 6. The van der Waals surface area contributed by atoms with E-state index in [2.05, 4.69) is 36.7 Å². The largest absolute Gasteiger partial charge is 0.493 e. The molecule has 0 bridgehead atoms. The molecular formula is C16H23BrO2. The van der Waals surface area contributed by atoms with Gasteiger partial charge in [-0.3, -0.25) is 4.79 Å². The summed E-state index contributed by atoms with van der Waals surface area (Å²) in [5, 5.41) is 0.920. The second kappa shape index (κ2) is 7.09. The third-order valence-electron chi connectivity index (χ3n) is 3.36. The molecule has 1 unspecified atom stereocenters. The molecule has 19 heavy (non-hydrogen) atoms. The number of hydrogen-bond acceptors (Lipinski definition) is 2. The number of hydrogen-bond donors (Lipinski definition) is 0. The Morgan fingerprint density at radius 3 is 2.26 bits per heavy atom. The second-order valence-electron chi connectivity index (χ2n) is 5.83. The van der Waals surface area contributed by atoms with Gasteiger partial charge in [0.15, 0.2) is 5.78 Å². The molecule has 0 radical (unpaired) electrons. The van der Waals surface area contributed by atoms with E-state index in [1.165, 1.54) is 0 Å². The number of carbonyl (C=O) groups is 1. The van der Waals surface area contributed by atoms with Crippen LogP contribution in [0.25, 0.3) is 0 Å². The second-order valence-corrected chi connectivity index (χ2v) is 6.48. The summed E-state index contributed by atoms with van der Waals surface area (Å²) in [4.78, 5) is 11.5. The molecule has 0 aliphatic carbocycles. The Morgan fingerprint density at radius 2 is 1.84 bits per heavy atom. The minimum atomic E-state index is 0.166. The summed E-state index contributed by atoms with van der Waals surface area (Å²) in [6.07, 6.45) is 0.538. The molecule has 0 heterocycles. The van der Waals surface area contributed by atoms with E-state index in [1.54, 1.807) is 0 Å². The van der Waals surface area contributed by atoms with E-state index < -0.39 is 0 Å². The normalized spacial score (nSPS) is 13.1. The number of halogens is 1. The highest BCUT2D eigenvalue weighted by atomic mass is 79.9. The molecule has 1 aromatic rings. The molecule has 0 amide bonds. The van der Waals surface area contributed by atoms with Gasteiger partial charge in [0.1, 0.15) is 5.75 Å². The quantitative estimate of drug-likeness (QED) is 0.558. The molecule has 0 spiro atoms. The SMILES string of the molecule is CCC(=O)c1ccc(OCC(CBr)C(C)(C)C)cc1. The van der Waals surface area contributed by atoms with Crippen molar-refractivity contribution in [1.82, 2.24) is 0 Å². The van der Waals surface area contributed by atoms with E-state index in [4.69, 9.17) is 4.74 Å². The van der Waals surface area contributed by atoms with Gasteiger partial charge in [0.05, 0.1) is 6.61 Å². The number of carbonyl (C=O) groups excluding carboxylic acids is 1. The van der Waals surface area contributed by atoms with Gasteiger partial charge in [0.2, 0.25) is 0 Å². The predicted octanol–water partition coefficient (Wildman–Crippen LogP) is 4.72. The van der Waals surface area contributed by atoms with Crippen LogP contribution < -0.4 is 4.74 Å². The Hall–Kier alpha value is -0.830. The minimum absolute atomic E-state index is 0.166. The Bertz CT molecular complexity index is 404. The summed E-state index contributed by atoms with van der Waals surface area (Å²) >= 11 is 3.54. The summed E-state index contributed by atoms with van der Waals surface area (Å²) in [5.41, 5.74) is 0.962. The maximum atomic E-state index is 11.5. The van der Waals surface area contributed by atoms with Crippen LogP contribution in [0.3, 0.4) is 0 Å². The minimum Gasteiger partial charge on any atom is -0.493 e. The van der Waals surface area contributed by atoms with Crippen LogP contribution in [-0.2, 0) is 0 Å². The Balaban J connectivity index is 2.61. The van der Waals surface area contributed by atoms with Gasteiger partial charge >= 0.3 is 0 Å². The van der Waals surface area contributed by atoms with Crippen LogP contribution in [0.1, 0.15) is 44.5 Å². The first-order valence-corrected chi connectivity index (χ1v) is 7.82. The molecule has 1 rings (SSSR count). The van der Waals surface area contributed by atoms with Crippen molar-refractivity contribution < 1.29 is 9.53 Å². The van der Waals surface area contributed by atoms with Crippen molar-refractivity contribution in [3.63, 3.8) is 0 Å². The molecule has 0 saturated carbocycles. The number of benzene rings is 1. The Labute approximate surface area is 124 Å². The van der Waals surface area contributed by atoms with E-state index in [0.29, 0.717) is 18.9 Å². The van der Waals surface area contributed by atoms with Gasteiger partial charge in [-0.05, 0) is 29.7 Å². The fourth-order valence-corrected chi connectivity index (χ4v) is 2.82.